The lowest BCUT2D eigenvalue weighted by atomic mass is 9.94. The Morgan fingerprint density at radius 2 is 2.36 bits per heavy atom. The van der Waals surface area contributed by atoms with Gasteiger partial charge in [0, 0.05) is 12.5 Å². The van der Waals surface area contributed by atoms with Gasteiger partial charge < -0.3 is 4.74 Å². The van der Waals surface area contributed by atoms with Crippen molar-refractivity contribution in [1.82, 2.24) is 0 Å². The molecule has 0 spiro atoms. The molecule has 1 aliphatic heterocycles. The minimum absolute atomic E-state index is 0.0845. The van der Waals surface area contributed by atoms with Crippen LogP contribution in [0, 0.1) is 5.92 Å². The molecule has 1 heterocycles. The molecule has 1 atom stereocenters. The molecular formula is C9H14O2. The Kier molecular flexibility index (Phi) is 2.83. The maximum absolute atomic E-state index is 11.3. The van der Waals surface area contributed by atoms with E-state index in [-0.39, 0.29) is 11.7 Å². The summed E-state index contributed by atoms with van der Waals surface area (Å²) in [5, 5.41) is 0. The van der Waals surface area contributed by atoms with E-state index < -0.39 is 0 Å². The summed E-state index contributed by atoms with van der Waals surface area (Å²) >= 11 is 0. The van der Waals surface area contributed by atoms with Crippen molar-refractivity contribution in [3.8, 4) is 0 Å². The Morgan fingerprint density at radius 1 is 1.64 bits per heavy atom. The van der Waals surface area contributed by atoms with E-state index in [1.54, 1.807) is 6.92 Å². The molecule has 1 fully saturated rings. The van der Waals surface area contributed by atoms with E-state index >= 15 is 0 Å². The van der Waals surface area contributed by atoms with Crippen LogP contribution in [0.2, 0.25) is 0 Å². The summed E-state index contributed by atoms with van der Waals surface area (Å²) in [6, 6.07) is 0. The first-order valence-electron chi connectivity index (χ1n) is 3.99. The van der Waals surface area contributed by atoms with Crippen LogP contribution >= 0.6 is 0 Å². The molecule has 0 aromatic heterocycles. The van der Waals surface area contributed by atoms with E-state index in [9.17, 15) is 4.79 Å². The highest BCUT2D eigenvalue weighted by Gasteiger charge is 2.21. The quantitative estimate of drug-likeness (QED) is 0.564. The molecule has 0 N–H and O–H groups in total. The van der Waals surface area contributed by atoms with Gasteiger partial charge in [-0.1, -0.05) is 6.58 Å². The SMILES string of the molecule is C=C(C)C(=O)C1CCCOC1. The molecule has 0 amide bonds. The third-order valence-electron chi connectivity index (χ3n) is 1.95. The predicted molar refractivity (Wildman–Crippen MR) is 43.4 cm³/mol. The van der Waals surface area contributed by atoms with Crippen LogP contribution in [0.1, 0.15) is 19.8 Å². The van der Waals surface area contributed by atoms with E-state index in [1.165, 1.54) is 0 Å². The number of ketones is 1. The number of hydrogen-bond donors (Lipinski definition) is 0. The zero-order chi connectivity index (χ0) is 8.27. The molecular weight excluding hydrogens is 140 g/mol. The van der Waals surface area contributed by atoms with Crippen molar-refractivity contribution in [3.63, 3.8) is 0 Å². The van der Waals surface area contributed by atoms with Crippen LogP contribution in [-0.4, -0.2) is 19.0 Å². The molecule has 0 saturated carbocycles. The Balaban J connectivity index is 2.45. The fraction of sp³-hybridized carbons (Fsp3) is 0.667. The molecule has 2 nitrogen and oxygen atoms in total. The minimum Gasteiger partial charge on any atom is -0.381 e. The van der Waals surface area contributed by atoms with Gasteiger partial charge in [0.05, 0.1) is 6.61 Å². The van der Waals surface area contributed by atoms with E-state index in [1.807, 2.05) is 0 Å². The third kappa shape index (κ3) is 2.15. The van der Waals surface area contributed by atoms with Crippen LogP contribution in [-0.2, 0) is 9.53 Å². The maximum Gasteiger partial charge on any atom is 0.163 e. The van der Waals surface area contributed by atoms with Gasteiger partial charge in [-0.15, -0.1) is 0 Å². The normalized spacial score (nSPS) is 24.6. The molecule has 0 bridgehead atoms. The van der Waals surface area contributed by atoms with Crippen molar-refractivity contribution in [2.24, 2.45) is 5.92 Å². The van der Waals surface area contributed by atoms with Gasteiger partial charge in [-0.3, -0.25) is 4.79 Å². The number of carbonyl (C=O) groups is 1. The summed E-state index contributed by atoms with van der Waals surface area (Å²) in [5.41, 5.74) is 0.653. The standard InChI is InChI=1S/C9H14O2/c1-7(2)9(10)8-4-3-5-11-6-8/h8H,1,3-6H2,2H3. The molecule has 11 heavy (non-hydrogen) atoms. The van der Waals surface area contributed by atoms with Gasteiger partial charge in [0.25, 0.3) is 0 Å². The molecule has 0 aliphatic carbocycles. The van der Waals surface area contributed by atoms with Crippen LogP contribution in [0.15, 0.2) is 12.2 Å². The Hall–Kier alpha value is -0.630. The number of ether oxygens (including phenoxy) is 1. The van der Waals surface area contributed by atoms with Crippen molar-refractivity contribution >= 4 is 5.78 Å². The first kappa shape index (κ1) is 8.47. The van der Waals surface area contributed by atoms with Gasteiger partial charge in [0.15, 0.2) is 5.78 Å². The summed E-state index contributed by atoms with van der Waals surface area (Å²) < 4.78 is 5.19. The molecule has 1 unspecified atom stereocenters. The van der Waals surface area contributed by atoms with Gasteiger partial charge in [-0.05, 0) is 25.3 Å². The van der Waals surface area contributed by atoms with Crippen LogP contribution in [0.3, 0.4) is 0 Å². The van der Waals surface area contributed by atoms with Crippen LogP contribution < -0.4 is 0 Å². The highest BCUT2D eigenvalue weighted by molar-refractivity contribution is 5.96. The number of rotatable bonds is 2. The first-order valence-corrected chi connectivity index (χ1v) is 3.99. The molecule has 1 rings (SSSR count). The van der Waals surface area contributed by atoms with Crippen LogP contribution in [0.25, 0.3) is 0 Å². The third-order valence-corrected chi connectivity index (χ3v) is 1.95. The maximum atomic E-state index is 11.3. The number of allylic oxidation sites excluding steroid dienone is 1. The van der Waals surface area contributed by atoms with Crippen molar-refractivity contribution in [3.05, 3.63) is 12.2 Å². The zero-order valence-corrected chi connectivity index (χ0v) is 6.93. The number of carbonyl (C=O) groups excluding carboxylic acids is 1. The zero-order valence-electron chi connectivity index (χ0n) is 6.93. The Bertz CT molecular complexity index is 166. The van der Waals surface area contributed by atoms with Crippen molar-refractivity contribution in [2.45, 2.75) is 19.8 Å². The molecule has 62 valence electrons. The van der Waals surface area contributed by atoms with E-state index in [0.717, 1.165) is 19.4 Å². The molecule has 1 saturated heterocycles. The smallest absolute Gasteiger partial charge is 0.163 e. The van der Waals surface area contributed by atoms with Gasteiger partial charge >= 0.3 is 0 Å². The van der Waals surface area contributed by atoms with Gasteiger partial charge in [-0.2, -0.15) is 0 Å². The fourth-order valence-electron chi connectivity index (χ4n) is 1.30. The van der Waals surface area contributed by atoms with Gasteiger partial charge in [0.1, 0.15) is 0 Å². The molecule has 0 aromatic carbocycles. The predicted octanol–water partition coefficient (Wildman–Crippen LogP) is 1.56. The average molecular weight is 154 g/mol. The highest BCUT2D eigenvalue weighted by Crippen LogP contribution is 2.16. The molecule has 2 heteroatoms. The Labute approximate surface area is 67.2 Å². The van der Waals surface area contributed by atoms with E-state index in [2.05, 4.69) is 6.58 Å². The summed E-state index contributed by atoms with van der Waals surface area (Å²) in [7, 11) is 0. The summed E-state index contributed by atoms with van der Waals surface area (Å²) in [6.07, 6.45) is 1.97. The minimum atomic E-state index is 0.0845. The van der Waals surface area contributed by atoms with Gasteiger partial charge in [0.2, 0.25) is 0 Å². The summed E-state index contributed by atoms with van der Waals surface area (Å²) in [6.45, 7) is 6.78. The van der Waals surface area contributed by atoms with Crippen LogP contribution in [0.5, 0.6) is 0 Å². The lowest BCUT2D eigenvalue weighted by Crippen LogP contribution is -2.25. The first-order chi connectivity index (χ1) is 5.22. The molecule has 0 aromatic rings. The van der Waals surface area contributed by atoms with Crippen molar-refractivity contribution < 1.29 is 9.53 Å². The number of hydrogen-bond acceptors (Lipinski definition) is 2. The largest absolute Gasteiger partial charge is 0.381 e. The lowest BCUT2D eigenvalue weighted by Gasteiger charge is -2.20. The van der Waals surface area contributed by atoms with Gasteiger partial charge in [-0.25, -0.2) is 0 Å². The van der Waals surface area contributed by atoms with Crippen molar-refractivity contribution in [2.75, 3.05) is 13.2 Å². The molecule has 1 aliphatic rings. The van der Waals surface area contributed by atoms with E-state index in [4.69, 9.17) is 4.74 Å². The van der Waals surface area contributed by atoms with E-state index in [0.29, 0.717) is 12.2 Å². The highest BCUT2D eigenvalue weighted by atomic mass is 16.5. The monoisotopic (exact) mass is 154 g/mol. The topological polar surface area (TPSA) is 26.3 Å². The average Bonchev–Trinajstić information content (AvgIpc) is 2.05. The summed E-state index contributed by atoms with van der Waals surface area (Å²) in [4.78, 5) is 11.3. The second kappa shape index (κ2) is 3.67. The summed E-state index contributed by atoms with van der Waals surface area (Å²) in [5.74, 6) is 0.256. The molecule has 0 radical (unpaired) electrons. The van der Waals surface area contributed by atoms with Crippen molar-refractivity contribution in [1.29, 1.82) is 0 Å². The van der Waals surface area contributed by atoms with Crippen LogP contribution in [0.4, 0.5) is 0 Å². The number of Topliss-reactive ketones (excluding diaryl/α,β-unsaturated/α-hetero) is 1. The fourth-order valence-corrected chi connectivity index (χ4v) is 1.30. The second-order valence-corrected chi connectivity index (χ2v) is 3.06. The Morgan fingerprint density at radius 3 is 2.82 bits per heavy atom. The lowest BCUT2D eigenvalue weighted by molar-refractivity contribution is -0.122. The second-order valence-electron chi connectivity index (χ2n) is 3.06.